The van der Waals surface area contributed by atoms with E-state index in [2.05, 4.69) is 92.7 Å². The SMILES string of the molecule is COc1ccc([C@@H](C)[Si](c2ccccc2)c2ccccc2)c(C)c1. The van der Waals surface area contributed by atoms with Gasteiger partial charge in [-0.2, -0.15) is 0 Å². The van der Waals surface area contributed by atoms with E-state index in [0.717, 1.165) is 5.75 Å². The lowest BCUT2D eigenvalue weighted by atomic mass is 10.1. The zero-order chi connectivity index (χ0) is 16.9. The molecule has 0 saturated carbocycles. The van der Waals surface area contributed by atoms with Gasteiger partial charge in [0.2, 0.25) is 0 Å². The van der Waals surface area contributed by atoms with Gasteiger partial charge in [-0.05, 0) is 35.7 Å². The van der Waals surface area contributed by atoms with Crippen LogP contribution in [0.5, 0.6) is 5.75 Å². The van der Waals surface area contributed by atoms with Crippen molar-refractivity contribution in [1.29, 1.82) is 0 Å². The number of hydrogen-bond donors (Lipinski definition) is 0. The Morgan fingerprint density at radius 1 is 0.792 bits per heavy atom. The van der Waals surface area contributed by atoms with Gasteiger partial charge in [-0.1, -0.05) is 84.0 Å². The molecule has 0 N–H and O–H groups in total. The van der Waals surface area contributed by atoms with Crippen molar-refractivity contribution in [3.8, 4) is 5.75 Å². The molecule has 3 rings (SSSR count). The lowest BCUT2D eigenvalue weighted by Crippen LogP contribution is -2.46. The third-order valence-electron chi connectivity index (χ3n) is 4.55. The van der Waals surface area contributed by atoms with E-state index >= 15 is 0 Å². The molecule has 1 radical (unpaired) electrons. The van der Waals surface area contributed by atoms with Gasteiger partial charge in [0.05, 0.1) is 7.11 Å². The largest absolute Gasteiger partial charge is 0.497 e. The predicted molar refractivity (Wildman–Crippen MR) is 104 cm³/mol. The molecule has 0 aliphatic carbocycles. The Morgan fingerprint density at radius 2 is 1.33 bits per heavy atom. The van der Waals surface area contributed by atoms with Gasteiger partial charge >= 0.3 is 0 Å². The Balaban J connectivity index is 2.06. The standard InChI is InChI=1S/C22H23OSi/c1-17-16-19(23-3)14-15-22(17)18(2)24(20-10-6-4-7-11-20)21-12-8-5-9-13-21/h4-16,18H,1-3H3/t18-/m1/s1. The van der Waals surface area contributed by atoms with Gasteiger partial charge in [0.1, 0.15) is 14.5 Å². The average molecular weight is 332 g/mol. The van der Waals surface area contributed by atoms with Crippen LogP contribution in [0.25, 0.3) is 0 Å². The quantitative estimate of drug-likeness (QED) is 0.643. The highest BCUT2D eigenvalue weighted by Crippen LogP contribution is 2.25. The second-order valence-electron chi connectivity index (χ2n) is 6.09. The van der Waals surface area contributed by atoms with E-state index < -0.39 is 8.80 Å². The lowest BCUT2D eigenvalue weighted by molar-refractivity contribution is 0.414. The first-order chi connectivity index (χ1) is 11.7. The number of aryl methyl sites for hydroxylation is 1. The number of benzene rings is 3. The number of rotatable bonds is 5. The van der Waals surface area contributed by atoms with Crippen LogP contribution in [0.15, 0.2) is 78.9 Å². The van der Waals surface area contributed by atoms with Crippen molar-refractivity contribution in [3.63, 3.8) is 0 Å². The van der Waals surface area contributed by atoms with Gasteiger partial charge in [0.15, 0.2) is 0 Å². The van der Waals surface area contributed by atoms with Gasteiger partial charge in [0.25, 0.3) is 0 Å². The second-order valence-corrected chi connectivity index (χ2v) is 8.94. The molecule has 24 heavy (non-hydrogen) atoms. The van der Waals surface area contributed by atoms with Crippen LogP contribution < -0.4 is 15.1 Å². The molecule has 0 aliphatic rings. The fourth-order valence-corrected chi connectivity index (χ4v) is 6.39. The van der Waals surface area contributed by atoms with Crippen molar-refractivity contribution in [1.82, 2.24) is 0 Å². The molecule has 0 bridgehead atoms. The summed E-state index contributed by atoms with van der Waals surface area (Å²) in [5.74, 6) is 0.927. The number of ether oxygens (including phenoxy) is 1. The van der Waals surface area contributed by atoms with Gasteiger partial charge in [0, 0.05) is 0 Å². The molecule has 0 spiro atoms. The van der Waals surface area contributed by atoms with Crippen LogP contribution in [0, 0.1) is 6.92 Å². The van der Waals surface area contributed by atoms with Crippen molar-refractivity contribution in [3.05, 3.63) is 90.0 Å². The molecular formula is C22H23OSi. The molecule has 1 atom stereocenters. The smallest absolute Gasteiger partial charge is 0.128 e. The zero-order valence-corrected chi connectivity index (χ0v) is 15.5. The molecule has 0 aromatic heterocycles. The summed E-state index contributed by atoms with van der Waals surface area (Å²) >= 11 is 0. The molecule has 0 unspecified atom stereocenters. The molecule has 2 heteroatoms. The normalized spacial score (nSPS) is 12.2. The van der Waals surface area contributed by atoms with Gasteiger partial charge in [-0.25, -0.2) is 0 Å². The monoisotopic (exact) mass is 331 g/mol. The number of hydrogen-bond acceptors (Lipinski definition) is 1. The molecule has 0 fully saturated rings. The summed E-state index contributed by atoms with van der Waals surface area (Å²) in [6, 6.07) is 28.3. The minimum absolute atomic E-state index is 0.478. The van der Waals surface area contributed by atoms with Crippen LogP contribution in [0.2, 0.25) is 0 Å². The average Bonchev–Trinajstić information content (AvgIpc) is 2.63. The van der Waals surface area contributed by atoms with Crippen molar-refractivity contribution in [2.24, 2.45) is 0 Å². The van der Waals surface area contributed by atoms with Gasteiger partial charge in [-0.3, -0.25) is 0 Å². The van der Waals surface area contributed by atoms with E-state index in [1.54, 1.807) is 7.11 Å². The topological polar surface area (TPSA) is 9.23 Å². The highest BCUT2D eigenvalue weighted by atomic mass is 28.3. The molecule has 0 amide bonds. The molecule has 3 aromatic carbocycles. The Morgan fingerprint density at radius 3 is 1.79 bits per heavy atom. The summed E-state index contributed by atoms with van der Waals surface area (Å²) in [6.07, 6.45) is 0. The molecule has 0 aliphatic heterocycles. The fourth-order valence-electron chi connectivity index (χ4n) is 3.32. The summed E-state index contributed by atoms with van der Waals surface area (Å²) in [4.78, 5) is 0. The van der Waals surface area contributed by atoms with Crippen LogP contribution in [-0.2, 0) is 0 Å². The van der Waals surface area contributed by atoms with Crippen molar-refractivity contribution < 1.29 is 4.74 Å². The third kappa shape index (κ3) is 3.44. The Kier molecular flexibility index (Phi) is 5.16. The van der Waals surface area contributed by atoms with E-state index in [1.807, 2.05) is 0 Å². The van der Waals surface area contributed by atoms with Crippen molar-refractivity contribution in [2.75, 3.05) is 7.11 Å². The van der Waals surface area contributed by atoms with Gasteiger partial charge in [-0.15, -0.1) is 0 Å². The maximum absolute atomic E-state index is 5.37. The first-order valence-electron chi connectivity index (χ1n) is 8.33. The summed E-state index contributed by atoms with van der Waals surface area (Å²) in [6.45, 7) is 4.55. The minimum atomic E-state index is -0.912. The summed E-state index contributed by atoms with van der Waals surface area (Å²) < 4.78 is 5.37. The fraction of sp³-hybridized carbons (Fsp3) is 0.182. The molecule has 3 aromatic rings. The Labute approximate surface area is 146 Å². The Bertz CT molecular complexity index is 744. The molecule has 1 nitrogen and oxygen atoms in total. The summed E-state index contributed by atoms with van der Waals surface area (Å²) in [7, 11) is 0.811. The molecular weight excluding hydrogens is 308 g/mol. The Hall–Kier alpha value is -2.32. The van der Waals surface area contributed by atoms with Crippen LogP contribution in [0.1, 0.15) is 23.6 Å². The van der Waals surface area contributed by atoms with Crippen LogP contribution in [0.3, 0.4) is 0 Å². The number of methoxy groups -OCH3 is 1. The van der Waals surface area contributed by atoms with Crippen LogP contribution in [-0.4, -0.2) is 15.9 Å². The zero-order valence-electron chi connectivity index (χ0n) is 14.5. The summed E-state index contributed by atoms with van der Waals surface area (Å²) in [5.41, 5.74) is 3.19. The first kappa shape index (κ1) is 16.5. The first-order valence-corrected chi connectivity index (χ1v) is 9.90. The van der Waals surface area contributed by atoms with E-state index in [-0.39, 0.29) is 0 Å². The van der Waals surface area contributed by atoms with E-state index in [4.69, 9.17) is 4.74 Å². The third-order valence-corrected chi connectivity index (χ3v) is 7.63. The van der Waals surface area contributed by atoms with Gasteiger partial charge < -0.3 is 4.74 Å². The predicted octanol–water partition coefficient (Wildman–Crippen LogP) is 3.96. The van der Waals surface area contributed by atoms with E-state index in [9.17, 15) is 0 Å². The highest BCUT2D eigenvalue weighted by molar-refractivity contribution is 6.86. The maximum atomic E-state index is 5.37. The second kappa shape index (κ2) is 7.50. The molecule has 0 heterocycles. The van der Waals surface area contributed by atoms with Crippen molar-refractivity contribution >= 4 is 19.2 Å². The molecule has 0 saturated heterocycles. The van der Waals surface area contributed by atoms with E-state index in [0.29, 0.717) is 5.54 Å². The lowest BCUT2D eigenvalue weighted by Gasteiger charge is -2.25. The maximum Gasteiger partial charge on any atom is 0.128 e. The van der Waals surface area contributed by atoms with Crippen LogP contribution >= 0.6 is 0 Å². The highest BCUT2D eigenvalue weighted by Gasteiger charge is 2.26. The van der Waals surface area contributed by atoms with Crippen LogP contribution in [0.4, 0.5) is 0 Å². The van der Waals surface area contributed by atoms with Crippen molar-refractivity contribution in [2.45, 2.75) is 19.4 Å². The molecule has 121 valence electrons. The minimum Gasteiger partial charge on any atom is -0.497 e. The summed E-state index contributed by atoms with van der Waals surface area (Å²) in [5, 5.41) is 2.91. The van der Waals surface area contributed by atoms with E-state index in [1.165, 1.54) is 21.5 Å².